The Kier molecular flexibility index (Phi) is 3.79. The van der Waals surface area contributed by atoms with Gasteiger partial charge in [-0.25, -0.2) is 0 Å². The molecule has 1 heterocycles. The first kappa shape index (κ1) is 12.1. The highest BCUT2D eigenvalue weighted by Gasteiger charge is 2.36. The Morgan fingerprint density at radius 2 is 2.12 bits per heavy atom. The monoisotopic (exact) mass is 233 g/mol. The van der Waals surface area contributed by atoms with Crippen LogP contribution in [0, 0.1) is 0 Å². The predicted molar refractivity (Wildman–Crippen MR) is 66.5 cm³/mol. The average molecular weight is 233 g/mol. The fourth-order valence-corrected chi connectivity index (χ4v) is 2.10. The zero-order valence-corrected chi connectivity index (χ0v) is 10.4. The Hall–Kier alpha value is -1.35. The molecule has 0 spiro atoms. The zero-order chi connectivity index (χ0) is 12.3. The number of ether oxygens (including phenoxy) is 1. The van der Waals surface area contributed by atoms with Crippen LogP contribution in [-0.2, 0) is 16.1 Å². The maximum absolute atomic E-state index is 11.8. The number of carbonyl (C=O) groups is 1. The summed E-state index contributed by atoms with van der Waals surface area (Å²) in [6.45, 7) is 5.60. The molecule has 1 unspecified atom stereocenters. The van der Waals surface area contributed by atoms with Crippen LogP contribution in [0.5, 0.6) is 0 Å². The van der Waals surface area contributed by atoms with Crippen LogP contribution in [0.3, 0.4) is 0 Å². The van der Waals surface area contributed by atoms with Crippen molar-refractivity contribution in [2.24, 2.45) is 0 Å². The Bertz CT molecular complexity index is 375. The molecule has 1 aromatic rings. The average Bonchev–Trinajstić information content (AvgIpc) is 2.25. The van der Waals surface area contributed by atoms with Crippen LogP contribution < -0.4 is 0 Å². The van der Waals surface area contributed by atoms with Crippen molar-refractivity contribution in [2.75, 3.05) is 6.54 Å². The van der Waals surface area contributed by atoms with Crippen molar-refractivity contribution in [3.05, 3.63) is 35.9 Å². The lowest BCUT2D eigenvalue weighted by molar-refractivity contribution is -0.157. The molecular formula is C14H19NO2. The molecule has 0 amide bonds. The molecule has 0 saturated carbocycles. The van der Waals surface area contributed by atoms with Gasteiger partial charge in [0.2, 0.25) is 0 Å². The summed E-state index contributed by atoms with van der Waals surface area (Å²) in [5.41, 5.74) is 1.04. The Morgan fingerprint density at radius 3 is 2.65 bits per heavy atom. The fraction of sp³-hybridized carbons (Fsp3) is 0.500. The summed E-state index contributed by atoms with van der Waals surface area (Å²) in [4.78, 5) is 14.0. The first-order valence-electron chi connectivity index (χ1n) is 6.15. The summed E-state index contributed by atoms with van der Waals surface area (Å²) < 4.78 is 5.33. The van der Waals surface area contributed by atoms with Gasteiger partial charge in [-0.1, -0.05) is 30.3 Å². The molecule has 1 saturated heterocycles. The number of esters is 1. The van der Waals surface area contributed by atoms with Crippen molar-refractivity contribution in [1.29, 1.82) is 0 Å². The first-order valence-corrected chi connectivity index (χ1v) is 6.15. The van der Waals surface area contributed by atoms with E-state index >= 15 is 0 Å². The van der Waals surface area contributed by atoms with Crippen LogP contribution >= 0.6 is 0 Å². The van der Waals surface area contributed by atoms with Crippen LogP contribution in [0.2, 0.25) is 0 Å². The maximum Gasteiger partial charge on any atom is 0.323 e. The molecule has 1 fully saturated rings. The lowest BCUT2D eigenvalue weighted by Gasteiger charge is -2.41. The van der Waals surface area contributed by atoms with Crippen molar-refractivity contribution in [3.63, 3.8) is 0 Å². The Labute approximate surface area is 102 Å². The van der Waals surface area contributed by atoms with E-state index in [-0.39, 0.29) is 12.0 Å². The molecule has 1 aromatic carbocycles. The maximum atomic E-state index is 11.8. The number of hydrogen-bond donors (Lipinski definition) is 0. The lowest BCUT2D eigenvalue weighted by Crippen LogP contribution is -2.55. The molecule has 1 aliphatic rings. The van der Waals surface area contributed by atoms with Gasteiger partial charge >= 0.3 is 5.97 Å². The van der Waals surface area contributed by atoms with Crippen molar-refractivity contribution in [2.45, 2.75) is 39.0 Å². The second kappa shape index (κ2) is 5.32. The normalized spacial score (nSPS) is 20.1. The molecule has 0 N–H and O–H groups in total. The molecule has 0 aromatic heterocycles. The van der Waals surface area contributed by atoms with Gasteiger partial charge in [0, 0.05) is 12.6 Å². The highest BCUT2D eigenvalue weighted by Crippen LogP contribution is 2.21. The van der Waals surface area contributed by atoms with Gasteiger partial charge in [-0.3, -0.25) is 9.69 Å². The second-order valence-corrected chi connectivity index (χ2v) is 4.73. The Balaban J connectivity index is 1.82. The van der Waals surface area contributed by atoms with E-state index in [1.165, 1.54) is 0 Å². The number of nitrogens with zero attached hydrogens (tertiary/aromatic N) is 1. The number of rotatable bonds is 4. The second-order valence-electron chi connectivity index (χ2n) is 4.73. The van der Waals surface area contributed by atoms with Crippen molar-refractivity contribution in [1.82, 2.24) is 4.90 Å². The van der Waals surface area contributed by atoms with Gasteiger partial charge < -0.3 is 4.74 Å². The van der Waals surface area contributed by atoms with Gasteiger partial charge in [0.15, 0.2) is 0 Å². The minimum Gasteiger partial charge on any atom is -0.460 e. The van der Waals surface area contributed by atoms with Gasteiger partial charge in [0.1, 0.15) is 12.6 Å². The highest BCUT2D eigenvalue weighted by atomic mass is 16.5. The van der Waals surface area contributed by atoms with E-state index in [4.69, 9.17) is 4.74 Å². The molecule has 2 rings (SSSR count). The molecular weight excluding hydrogens is 214 g/mol. The minimum atomic E-state index is -0.0891. The predicted octanol–water partition coefficient (Wildman–Crippen LogP) is 2.21. The molecule has 92 valence electrons. The standard InChI is InChI=1S/C14H19NO2/c1-11(2)15-9-8-13(15)14(16)17-10-12-6-4-3-5-7-12/h3-7,11,13H,8-10H2,1-2H3. The van der Waals surface area contributed by atoms with Gasteiger partial charge in [-0.15, -0.1) is 0 Å². The van der Waals surface area contributed by atoms with Crippen LogP contribution in [0.25, 0.3) is 0 Å². The van der Waals surface area contributed by atoms with E-state index in [9.17, 15) is 4.79 Å². The fourth-order valence-electron chi connectivity index (χ4n) is 2.10. The quantitative estimate of drug-likeness (QED) is 0.747. The van der Waals surface area contributed by atoms with Gasteiger partial charge in [-0.05, 0) is 25.8 Å². The topological polar surface area (TPSA) is 29.5 Å². The number of benzene rings is 1. The third-order valence-electron chi connectivity index (χ3n) is 3.22. The summed E-state index contributed by atoms with van der Waals surface area (Å²) in [7, 11) is 0. The van der Waals surface area contributed by atoms with Gasteiger partial charge in [-0.2, -0.15) is 0 Å². The van der Waals surface area contributed by atoms with E-state index in [0.717, 1.165) is 18.5 Å². The van der Waals surface area contributed by atoms with E-state index in [0.29, 0.717) is 12.6 Å². The summed E-state index contributed by atoms with van der Waals surface area (Å²) in [5.74, 6) is -0.0891. The summed E-state index contributed by atoms with van der Waals surface area (Å²) in [5, 5.41) is 0. The molecule has 0 radical (unpaired) electrons. The highest BCUT2D eigenvalue weighted by molar-refractivity contribution is 5.76. The van der Waals surface area contributed by atoms with Crippen LogP contribution in [0.4, 0.5) is 0 Å². The third-order valence-corrected chi connectivity index (χ3v) is 3.22. The molecule has 3 nitrogen and oxygen atoms in total. The number of hydrogen-bond acceptors (Lipinski definition) is 3. The summed E-state index contributed by atoms with van der Waals surface area (Å²) >= 11 is 0. The summed E-state index contributed by atoms with van der Waals surface area (Å²) in [6, 6.07) is 10.2. The summed E-state index contributed by atoms with van der Waals surface area (Å²) in [6.07, 6.45) is 0.922. The van der Waals surface area contributed by atoms with E-state index in [1.54, 1.807) is 0 Å². The number of carbonyl (C=O) groups excluding carboxylic acids is 1. The van der Waals surface area contributed by atoms with Crippen LogP contribution in [-0.4, -0.2) is 29.5 Å². The molecule has 3 heteroatoms. The molecule has 1 atom stereocenters. The SMILES string of the molecule is CC(C)N1CCC1C(=O)OCc1ccccc1. The van der Waals surface area contributed by atoms with Gasteiger partial charge in [0.25, 0.3) is 0 Å². The van der Waals surface area contributed by atoms with Gasteiger partial charge in [0.05, 0.1) is 0 Å². The molecule has 17 heavy (non-hydrogen) atoms. The van der Waals surface area contributed by atoms with Crippen molar-refractivity contribution >= 4 is 5.97 Å². The first-order chi connectivity index (χ1) is 8.18. The lowest BCUT2D eigenvalue weighted by atomic mass is 10.0. The van der Waals surface area contributed by atoms with Crippen LogP contribution in [0.15, 0.2) is 30.3 Å². The van der Waals surface area contributed by atoms with Crippen LogP contribution in [0.1, 0.15) is 25.8 Å². The van der Waals surface area contributed by atoms with E-state index in [2.05, 4.69) is 18.7 Å². The van der Waals surface area contributed by atoms with E-state index < -0.39 is 0 Å². The number of likely N-dealkylation sites (tertiary alicyclic amines) is 1. The van der Waals surface area contributed by atoms with Crippen molar-refractivity contribution < 1.29 is 9.53 Å². The molecule has 1 aliphatic heterocycles. The molecule has 0 aliphatic carbocycles. The minimum absolute atomic E-state index is 0.0290. The third kappa shape index (κ3) is 2.86. The Morgan fingerprint density at radius 1 is 1.41 bits per heavy atom. The van der Waals surface area contributed by atoms with Crippen molar-refractivity contribution in [3.8, 4) is 0 Å². The smallest absolute Gasteiger partial charge is 0.323 e. The molecule has 0 bridgehead atoms. The largest absolute Gasteiger partial charge is 0.460 e. The zero-order valence-electron chi connectivity index (χ0n) is 10.4. The van der Waals surface area contributed by atoms with E-state index in [1.807, 2.05) is 30.3 Å².